The summed E-state index contributed by atoms with van der Waals surface area (Å²) in [6.45, 7) is 2.02. The summed E-state index contributed by atoms with van der Waals surface area (Å²) in [6, 6.07) is 22.8. The first kappa shape index (κ1) is 11.5. The van der Waals surface area contributed by atoms with E-state index in [1.165, 1.54) is 16.3 Å². The first-order valence-electron chi connectivity index (χ1n) is 6.28. The van der Waals surface area contributed by atoms with Crippen molar-refractivity contribution >= 4 is 10.8 Å². The second-order valence-electron chi connectivity index (χ2n) is 4.73. The highest BCUT2D eigenvalue weighted by Crippen LogP contribution is 2.29. The van der Waals surface area contributed by atoms with Gasteiger partial charge >= 0.3 is 0 Å². The molecular formula is C18H13N. The minimum Gasteiger partial charge on any atom is -0.192 e. The quantitative estimate of drug-likeness (QED) is 0.608. The monoisotopic (exact) mass is 243 g/mol. The van der Waals surface area contributed by atoms with Crippen LogP contribution in [-0.4, -0.2) is 0 Å². The lowest BCUT2D eigenvalue weighted by atomic mass is 9.96. The predicted molar refractivity (Wildman–Crippen MR) is 78.8 cm³/mol. The van der Waals surface area contributed by atoms with E-state index in [1.807, 2.05) is 31.2 Å². The molecule has 0 bridgehead atoms. The van der Waals surface area contributed by atoms with Gasteiger partial charge in [-0.3, -0.25) is 0 Å². The number of aryl methyl sites for hydroxylation is 1. The number of benzene rings is 3. The van der Waals surface area contributed by atoms with Crippen LogP contribution in [0.2, 0.25) is 0 Å². The Balaban J connectivity index is 2.31. The molecule has 19 heavy (non-hydrogen) atoms. The van der Waals surface area contributed by atoms with Gasteiger partial charge in [-0.1, -0.05) is 48.5 Å². The van der Waals surface area contributed by atoms with Crippen LogP contribution in [0.3, 0.4) is 0 Å². The fraction of sp³-hybridized carbons (Fsp3) is 0.0556. The maximum atomic E-state index is 9.10. The van der Waals surface area contributed by atoms with Gasteiger partial charge < -0.3 is 0 Å². The lowest BCUT2D eigenvalue weighted by Gasteiger charge is -2.08. The van der Waals surface area contributed by atoms with Crippen LogP contribution in [0.4, 0.5) is 0 Å². The van der Waals surface area contributed by atoms with Crippen molar-refractivity contribution in [3.8, 4) is 17.2 Å². The van der Waals surface area contributed by atoms with E-state index in [4.69, 9.17) is 5.26 Å². The molecule has 0 heterocycles. The van der Waals surface area contributed by atoms with E-state index in [2.05, 4.69) is 42.5 Å². The Bertz CT molecular complexity index is 789. The lowest BCUT2D eigenvalue weighted by molar-refractivity contribution is 1.42. The molecule has 0 fully saturated rings. The Morgan fingerprint density at radius 2 is 1.68 bits per heavy atom. The van der Waals surface area contributed by atoms with Crippen molar-refractivity contribution in [2.75, 3.05) is 0 Å². The van der Waals surface area contributed by atoms with Crippen LogP contribution in [0.15, 0.2) is 60.7 Å². The van der Waals surface area contributed by atoms with Crippen LogP contribution in [0.1, 0.15) is 11.1 Å². The average molecular weight is 243 g/mol. The number of rotatable bonds is 1. The summed E-state index contributed by atoms with van der Waals surface area (Å²) < 4.78 is 0. The molecule has 3 aromatic carbocycles. The molecule has 3 rings (SSSR count). The van der Waals surface area contributed by atoms with Crippen molar-refractivity contribution < 1.29 is 0 Å². The molecule has 90 valence electrons. The van der Waals surface area contributed by atoms with Gasteiger partial charge in [0.05, 0.1) is 11.6 Å². The van der Waals surface area contributed by atoms with Crippen molar-refractivity contribution in [2.45, 2.75) is 6.92 Å². The minimum atomic E-state index is 0.711. The summed E-state index contributed by atoms with van der Waals surface area (Å²) in [5.41, 5.74) is 4.11. The molecule has 0 amide bonds. The molecule has 0 aromatic heterocycles. The number of nitrogens with zero attached hydrogens (tertiary/aromatic N) is 1. The summed E-state index contributed by atoms with van der Waals surface area (Å²) in [7, 11) is 0. The summed E-state index contributed by atoms with van der Waals surface area (Å²) in [6.07, 6.45) is 0. The zero-order valence-electron chi connectivity index (χ0n) is 10.7. The molecule has 0 saturated heterocycles. The maximum absolute atomic E-state index is 9.10. The van der Waals surface area contributed by atoms with Crippen molar-refractivity contribution in [3.05, 3.63) is 71.8 Å². The summed E-state index contributed by atoms with van der Waals surface area (Å²) in [4.78, 5) is 0. The number of nitriles is 1. The van der Waals surface area contributed by atoms with Gasteiger partial charge in [0.1, 0.15) is 0 Å². The van der Waals surface area contributed by atoms with Crippen LogP contribution in [0.25, 0.3) is 21.9 Å². The molecule has 1 heteroatoms. The molecular weight excluding hydrogens is 230 g/mol. The van der Waals surface area contributed by atoms with Gasteiger partial charge in [-0.2, -0.15) is 5.26 Å². The maximum Gasteiger partial charge on any atom is 0.0991 e. The summed E-state index contributed by atoms with van der Waals surface area (Å²) in [5.74, 6) is 0. The predicted octanol–water partition coefficient (Wildman–Crippen LogP) is 4.69. The lowest BCUT2D eigenvalue weighted by Crippen LogP contribution is -1.85. The molecule has 0 aliphatic heterocycles. The van der Waals surface area contributed by atoms with E-state index in [0.717, 1.165) is 11.1 Å². The van der Waals surface area contributed by atoms with Gasteiger partial charge in [-0.15, -0.1) is 0 Å². The first-order chi connectivity index (χ1) is 9.28. The molecule has 0 saturated carbocycles. The molecule has 1 nitrogen and oxygen atoms in total. The van der Waals surface area contributed by atoms with Gasteiger partial charge in [0.25, 0.3) is 0 Å². The third kappa shape index (κ3) is 2.09. The fourth-order valence-electron chi connectivity index (χ4n) is 2.48. The van der Waals surface area contributed by atoms with Crippen molar-refractivity contribution in [1.29, 1.82) is 5.26 Å². The average Bonchev–Trinajstić information content (AvgIpc) is 2.46. The highest BCUT2D eigenvalue weighted by atomic mass is 14.2. The van der Waals surface area contributed by atoms with Crippen LogP contribution >= 0.6 is 0 Å². The molecule has 0 spiro atoms. The Labute approximate surface area is 112 Å². The Morgan fingerprint density at radius 1 is 0.895 bits per heavy atom. The third-order valence-electron chi connectivity index (χ3n) is 3.31. The topological polar surface area (TPSA) is 23.8 Å². The molecule has 0 unspecified atom stereocenters. The smallest absolute Gasteiger partial charge is 0.0991 e. The summed E-state index contributed by atoms with van der Waals surface area (Å²) in [5, 5.41) is 11.5. The molecule has 0 N–H and O–H groups in total. The van der Waals surface area contributed by atoms with Gasteiger partial charge in [-0.25, -0.2) is 0 Å². The van der Waals surface area contributed by atoms with E-state index in [0.29, 0.717) is 5.56 Å². The molecule has 0 aliphatic carbocycles. The highest BCUT2D eigenvalue weighted by Gasteiger charge is 2.05. The van der Waals surface area contributed by atoms with Gasteiger partial charge in [0.15, 0.2) is 0 Å². The van der Waals surface area contributed by atoms with Crippen molar-refractivity contribution in [1.82, 2.24) is 0 Å². The molecule has 0 atom stereocenters. The highest BCUT2D eigenvalue weighted by molar-refractivity contribution is 5.96. The van der Waals surface area contributed by atoms with Crippen LogP contribution in [0, 0.1) is 18.3 Å². The van der Waals surface area contributed by atoms with Crippen molar-refractivity contribution in [3.63, 3.8) is 0 Å². The van der Waals surface area contributed by atoms with Crippen LogP contribution in [0.5, 0.6) is 0 Å². The second kappa shape index (κ2) is 4.59. The molecule has 0 radical (unpaired) electrons. The summed E-state index contributed by atoms with van der Waals surface area (Å²) >= 11 is 0. The largest absolute Gasteiger partial charge is 0.192 e. The third-order valence-corrected chi connectivity index (χ3v) is 3.31. The van der Waals surface area contributed by atoms with Gasteiger partial charge in [-0.05, 0) is 46.5 Å². The van der Waals surface area contributed by atoms with E-state index < -0.39 is 0 Å². The van der Waals surface area contributed by atoms with E-state index in [9.17, 15) is 0 Å². The molecule has 3 aromatic rings. The first-order valence-corrected chi connectivity index (χ1v) is 6.28. The van der Waals surface area contributed by atoms with Gasteiger partial charge in [0, 0.05) is 0 Å². The normalized spacial score (nSPS) is 10.3. The van der Waals surface area contributed by atoms with Gasteiger partial charge in [0.2, 0.25) is 0 Å². The standard InChI is InChI=1S/C18H13N/c1-13-9-14(12-19)11-16(10-13)18-8-4-6-15-5-2-3-7-17(15)18/h2-11H,1H3. The minimum absolute atomic E-state index is 0.711. The zero-order valence-corrected chi connectivity index (χ0v) is 10.7. The Hall–Kier alpha value is -2.59. The SMILES string of the molecule is Cc1cc(C#N)cc(-c2cccc3ccccc23)c1. The van der Waals surface area contributed by atoms with Crippen LogP contribution in [-0.2, 0) is 0 Å². The number of hydrogen-bond donors (Lipinski definition) is 0. The van der Waals surface area contributed by atoms with E-state index in [-0.39, 0.29) is 0 Å². The van der Waals surface area contributed by atoms with E-state index >= 15 is 0 Å². The van der Waals surface area contributed by atoms with Crippen molar-refractivity contribution in [2.24, 2.45) is 0 Å². The van der Waals surface area contributed by atoms with E-state index in [1.54, 1.807) is 0 Å². The Morgan fingerprint density at radius 3 is 2.53 bits per heavy atom. The second-order valence-corrected chi connectivity index (χ2v) is 4.73. The Kier molecular flexibility index (Phi) is 2.78. The zero-order chi connectivity index (χ0) is 13.2. The number of hydrogen-bond acceptors (Lipinski definition) is 1. The fourth-order valence-corrected chi connectivity index (χ4v) is 2.48. The molecule has 0 aliphatic rings. The number of fused-ring (bicyclic) bond motifs is 1. The van der Waals surface area contributed by atoms with Crippen LogP contribution < -0.4 is 0 Å².